The molecule has 0 spiro atoms. The quantitative estimate of drug-likeness (QED) is 0.166. The van der Waals surface area contributed by atoms with E-state index < -0.39 is 0 Å². The van der Waals surface area contributed by atoms with E-state index in [2.05, 4.69) is 211 Å². The Morgan fingerprint density at radius 2 is 0.778 bits per heavy atom. The Morgan fingerprint density at radius 1 is 0.333 bits per heavy atom. The van der Waals surface area contributed by atoms with E-state index in [1.807, 2.05) is 6.07 Å². The average molecular weight is 690 g/mol. The fraction of sp³-hybridized carbons (Fsp3) is 0. The third-order valence-electron chi connectivity index (χ3n) is 10.5. The van der Waals surface area contributed by atoms with Gasteiger partial charge >= 0.3 is 0 Å². The van der Waals surface area contributed by atoms with E-state index in [1.54, 1.807) is 0 Å². The minimum absolute atomic E-state index is 0.892. The van der Waals surface area contributed by atoms with Gasteiger partial charge in [-0.25, -0.2) is 0 Å². The Labute approximate surface area is 314 Å². The van der Waals surface area contributed by atoms with Gasteiger partial charge in [0.15, 0.2) is 0 Å². The van der Waals surface area contributed by atoms with Crippen LogP contribution in [0.25, 0.3) is 77.2 Å². The number of hydrogen-bond donors (Lipinski definition) is 0. The molecule has 1 heterocycles. The van der Waals surface area contributed by atoms with Gasteiger partial charge in [-0.05, 0) is 86.6 Å². The molecule has 0 bridgehead atoms. The van der Waals surface area contributed by atoms with Crippen LogP contribution in [0.15, 0.2) is 217 Å². The van der Waals surface area contributed by atoms with Crippen LogP contribution in [0.1, 0.15) is 0 Å². The van der Waals surface area contributed by atoms with Crippen LogP contribution in [-0.2, 0) is 0 Å². The van der Waals surface area contributed by atoms with Gasteiger partial charge in [0.2, 0.25) is 0 Å². The number of furan rings is 1. The number of anilines is 3. The summed E-state index contributed by atoms with van der Waals surface area (Å²) in [5, 5.41) is 4.65. The van der Waals surface area contributed by atoms with Crippen molar-refractivity contribution in [1.82, 2.24) is 0 Å². The summed E-state index contributed by atoms with van der Waals surface area (Å²) in [5.41, 5.74) is 14.3. The summed E-state index contributed by atoms with van der Waals surface area (Å²) < 4.78 is 6.74. The number of benzene rings is 9. The standard InChI is InChI=1S/C52H35NO/c1-3-13-36(14-4-1)38-23-25-39(26-24-38)41-29-33-44(34-30-41)53(43-31-27-40(28-32-43)37-15-5-2-6-16-37)49-21-11-9-19-46(49)48-35-42-17-7-8-18-45(42)51-47-20-10-12-22-50(47)54-52(48)51/h1-35H. The van der Waals surface area contributed by atoms with Gasteiger partial charge in [-0.3, -0.25) is 0 Å². The minimum atomic E-state index is 0.892. The highest BCUT2D eigenvalue weighted by atomic mass is 16.3. The van der Waals surface area contributed by atoms with E-state index in [0.717, 1.165) is 50.1 Å². The SMILES string of the molecule is c1ccc(-c2ccc(-c3ccc(N(c4ccc(-c5ccccc5)cc4)c4ccccc4-c4cc5ccccc5c5c4oc4ccccc45)cc3)cc2)cc1. The molecular formula is C52H35NO. The molecule has 254 valence electrons. The maximum Gasteiger partial charge on any atom is 0.143 e. The van der Waals surface area contributed by atoms with Crippen LogP contribution in [-0.4, -0.2) is 0 Å². The molecule has 0 amide bonds. The lowest BCUT2D eigenvalue weighted by Crippen LogP contribution is -2.11. The second-order valence-electron chi connectivity index (χ2n) is 13.7. The molecule has 0 atom stereocenters. The highest BCUT2D eigenvalue weighted by Crippen LogP contribution is 2.46. The summed E-state index contributed by atoms with van der Waals surface area (Å²) in [7, 11) is 0. The average Bonchev–Trinajstić information content (AvgIpc) is 3.65. The summed E-state index contributed by atoms with van der Waals surface area (Å²) in [6.45, 7) is 0. The first-order valence-electron chi connectivity index (χ1n) is 18.4. The number of fused-ring (bicyclic) bond motifs is 5. The van der Waals surface area contributed by atoms with Crippen LogP contribution < -0.4 is 4.90 Å². The van der Waals surface area contributed by atoms with Crippen molar-refractivity contribution < 1.29 is 4.42 Å². The molecule has 0 unspecified atom stereocenters. The van der Waals surface area contributed by atoms with E-state index in [1.165, 1.54) is 44.2 Å². The molecule has 9 aromatic carbocycles. The summed E-state index contributed by atoms with van der Waals surface area (Å²) in [6, 6.07) is 75.7. The van der Waals surface area contributed by atoms with Crippen LogP contribution in [0.3, 0.4) is 0 Å². The molecule has 54 heavy (non-hydrogen) atoms. The van der Waals surface area contributed by atoms with Crippen LogP contribution in [0.5, 0.6) is 0 Å². The van der Waals surface area contributed by atoms with Crippen molar-refractivity contribution >= 4 is 49.8 Å². The van der Waals surface area contributed by atoms with Gasteiger partial charge in [-0.2, -0.15) is 0 Å². The molecule has 0 radical (unpaired) electrons. The molecule has 0 aliphatic carbocycles. The third kappa shape index (κ3) is 5.62. The molecule has 0 saturated carbocycles. The van der Waals surface area contributed by atoms with Crippen molar-refractivity contribution in [2.24, 2.45) is 0 Å². The zero-order chi connectivity index (χ0) is 35.8. The molecular weight excluding hydrogens is 655 g/mol. The summed E-state index contributed by atoms with van der Waals surface area (Å²) >= 11 is 0. The normalized spacial score (nSPS) is 11.3. The smallest absolute Gasteiger partial charge is 0.143 e. The monoisotopic (exact) mass is 689 g/mol. The van der Waals surface area contributed by atoms with Gasteiger partial charge in [-0.1, -0.05) is 170 Å². The Kier molecular flexibility index (Phi) is 7.85. The molecule has 0 N–H and O–H groups in total. The van der Waals surface area contributed by atoms with Gasteiger partial charge in [-0.15, -0.1) is 0 Å². The van der Waals surface area contributed by atoms with Gasteiger partial charge in [0.05, 0.1) is 5.69 Å². The van der Waals surface area contributed by atoms with Gasteiger partial charge in [0, 0.05) is 33.3 Å². The fourth-order valence-corrected chi connectivity index (χ4v) is 7.82. The van der Waals surface area contributed by atoms with E-state index in [-0.39, 0.29) is 0 Å². The van der Waals surface area contributed by atoms with Crippen molar-refractivity contribution in [3.05, 3.63) is 212 Å². The molecule has 0 aliphatic heterocycles. The van der Waals surface area contributed by atoms with E-state index in [9.17, 15) is 0 Å². The first kappa shape index (κ1) is 31.6. The van der Waals surface area contributed by atoms with Gasteiger partial charge in [0.25, 0.3) is 0 Å². The predicted octanol–water partition coefficient (Wildman–Crippen LogP) is 14.9. The van der Waals surface area contributed by atoms with Gasteiger partial charge < -0.3 is 9.32 Å². The Bertz CT molecular complexity index is 2890. The minimum Gasteiger partial charge on any atom is -0.455 e. The van der Waals surface area contributed by atoms with Crippen LogP contribution in [0, 0.1) is 0 Å². The second kappa shape index (κ2) is 13.4. The summed E-state index contributed by atoms with van der Waals surface area (Å²) in [4.78, 5) is 2.37. The van der Waals surface area contributed by atoms with E-state index >= 15 is 0 Å². The molecule has 2 nitrogen and oxygen atoms in total. The van der Waals surface area contributed by atoms with E-state index in [0.29, 0.717) is 0 Å². The Morgan fingerprint density at radius 3 is 1.37 bits per heavy atom. The first-order valence-corrected chi connectivity index (χ1v) is 18.4. The highest BCUT2D eigenvalue weighted by Gasteiger charge is 2.22. The lowest BCUT2D eigenvalue weighted by molar-refractivity contribution is 0.670. The zero-order valence-corrected chi connectivity index (χ0v) is 29.6. The number of nitrogens with zero attached hydrogens (tertiary/aromatic N) is 1. The molecule has 2 heteroatoms. The van der Waals surface area contributed by atoms with Crippen LogP contribution in [0.2, 0.25) is 0 Å². The predicted molar refractivity (Wildman–Crippen MR) is 228 cm³/mol. The maximum atomic E-state index is 6.74. The number of rotatable bonds is 7. The molecule has 10 aromatic rings. The lowest BCUT2D eigenvalue weighted by Gasteiger charge is -2.28. The van der Waals surface area contributed by atoms with Gasteiger partial charge in [0.1, 0.15) is 11.2 Å². The number of para-hydroxylation sites is 2. The van der Waals surface area contributed by atoms with Crippen molar-refractivity contribution in [3.63, 3.8) is 0 Å². The van der Waals surface area contributed by atoms with Crippen molar-refractivity contribution in [2.45, 2.75) is 0 Å². The maximum absolute atomic E-state index is 6.74. The third-order valence-corrected chi connectivity index (χ3v) is 10.5. The molecule has 0 fully saturated rings. The van der Waals surface area contributed by atoms with Crippen LogP contribution >= 0.6 is 0 Å². The highest BCUT2D eigenvalue weighted by molar-refractivity contribution is 6.23. The summed E-state index contributed by atoms with van der Waals surface area (Å²) in [6.07, 6.45) is 0. The second-order valence-corrected chi connectivity index (χ2v) is 13.7. The van der Waals surface area contributed by atoms with Crippen molar-refractivity contribution in [1.29, 1.82) is 0 Å². The Balaban J connectivity index is 1.13. The van der Waals surface area contributed by atoms with Crippen molar-refractivity contribution in [2.75, 3.05) is 4.90 Å². The zero-order valence-electron chi connectivity index (χ0n) is 29.6. The fourth-order valence-electron chi connectivity index (χ4n) is 7.82. The lowest BCUT2D eigenvalue weighted by atomic mass is 9.94. The Hall–Kier alpha value is -7.16. The summed E-state index contributed by atoms with van der Waals surface area (Å²) in [5.74, 6) is 0. The van der Waals surface area contributed by atoms with Crippen molar-refractivity contribution in [3.8, 4) is 44.5 Å². The molecule has 0 aliphatic rings. The van der Waals surface area contributed by atoms with Crippen LogP contribution in [0.4, 0.5) is 17.1 Å². The molecule has 1 aromatic heterocycles. The molecule has 10 rings (SSSR count). The molecule has 0 saturated heterocycles. The first-order chi connectivity index (χ1) is 26.8. The van der Waals surface area contributed by atoms with E-state index in [4.69, 9.17) is 4.42 Å². The topological polar surface area (TPSA) is 16.4 Å². The number of hydrogen-bond acceptors (Lipinski definition) is 2. The largest absolute Gasteiger partial charge is 0.455 e.